The second-order valence-electron chi connectivity index (χ2n) is 5.49. The lowest BCUT2D eigenvalue weighted by Crippen LogP contribution is -2.39. The molecule has 0 unspecified atom stereocenters. The van der Waals surface area contributed by atoms with Crippen molar-refractivity contribution in [1.82, 2.24) is 5.32 Å². The van der Waals surface area contributed by atoms with Crippen molar-refractivity contribution < 1.29 is 19.1 Å². The van der Waals surface area contributed by atoms with Crippen molar-refractivity contribution >= 4 is 23.6 Å². The van der Waals surface area contributed by atoms with E-state index < -0.39 is 23.7 Å². The molecular formula is C19H19N3O4S. The summed E-state index contributed by atoms with van der Waals surface area (Å²) in [7, 11) is 0. The van der Waals surface area contributed by atoms with Crippen molar-refractivity contribution in [3.63, 3.8) is 0 Å². The van der Waals surface area contributed by atoms with Crippen LogP contribution in [0.25, 0.3) is 0 Å². The van der Waals surface area contributed by atoms with E-state index in [0.29, 0.717) is 17.9 Å². The first-order chi connectivity index (χ1) is 13.1. The average molecular weight is 385 g/mol. The number of ether oxygens (including phenoxy) is 2. The second-order valence-corrected chi connectivity index (χ2v) is 6.48. The fraction of sp³-hybridized carbons (Fsp3) is 0.368. The van der Waals surface area contributed by atoms with Crippen molar-refractivity contribution in [2.45, 2.75) is 19.8 Å². The summed E-state index contributed by atoms with van der Waals surface area (Å²) >= 11 is 1.01. The Kier molecular flexibility index (Phi) is 7.27. The minimum Gasteiger partial charge on any atom is -0.494 e. The van der Waals surface area contributed by atoms with Crippen LogP contribution >= 0.6 is 11.8 Å². The normalized spacial score (nSPS) is 18.9. The average Bonchev–Trinajstić information content (AvgIpc) is 2.66. The van der Waals surface area contributed by atoms with Gasteiger partial charge in [-0.15, -0.1) is 0 Å². The van der Waals surface area contributed by atoms with Gasteiger partial charge in [0.25, 0.3) is 0 Å². The molecule has 1 amide bonds. The molecule has 27 heavy (non-hydrogen) atoms. The smallest absolute Gasteiger partial charge is 0.316 e. The maximum Gasteiger partial charge on any atom is 0.316 e. The van der Waals surface area contributed by atoms with Gasteiger partial charge in [-0.3, -0.25) is 9.59 Å². The van der Waals surface area contributed by atoms with Gasteiger partial charge < -0.3 is 14.8 Å². The van der Waals surface area contributed by atoms with Gasteiger partial charge in [-0.1, -0.05) is 30.0 Å². The van der Waals surface area contributed by atoms with Crippen LogP contribution in [0.2, 0.25) is 0 Å². The van der Waals surface area contributed by atoms with E-state index in [2.05, 4.69) is 11.4 Å². The SMILES string of the molecule is CCOC(=O)CSC1=C(C#N)[C@@H](c2ccccc2OCC)[C@H](C#N)C(=O)N1. The molecule has 8 heteroatoms. The molecule has 0 fully saturated rings. The van der Waals surface area contributed by atoms with E-state index in [0.717, 1.165) is 11.8 Å². The molecule has 1 aliphatic rings. The summed E-state index contributed by atoms with van der Waals surface area (Å²) in [6.07, 6.45) is 0. The van der Waals surface area contributed by atoms with Gasteiger partial charge in [-0.05, 0) is 19.9 Å². The largest absolute Gasteiger partial charge is 0.494 e. The Hall–Kier alpha value is -2.97. The first-order valence-electron chi connectivity index (χ1n) is 8.42. The number of esters is 1. The highest BCUT2D eigenvalue weighted by Gasteiger charge is 2.40. The number of thioether (sulfide) groups is 1. The van der Waals surface area contributed by atoms with Crippen LogP contribution < -0.4 is 10.1 Å². The number of nitriles is 2. The first kappa shape index (κ1) is 20.3. The van der Waals surface area contributed by atoms with Crippen molar-refractivity contribution in [3.8, 4) is 17.9 Å². The number of amides is 1. The summed E-state index contributed by atoms with van der Waals surface area (Å²) < 4.78 is 10.5. The predicted molar refractivity (Wildman–Crippen MR) is 99.3 cm³/mol. The Morgan fingerprint density at radius 1 is 1.26 bits per heavy atom. The zero-order chi connectivity index (χ0) is 19.8. The van der Waals surface area contributed by atoms with Crippen LogP contribution in [0, 0.1) is 28.6 Å². The quantitative estimate of drug-likeness (QED) is 0.717. The number of hydrogen-bond donors (Lipinski definition) is 1. The summed E-state index contributed by atoms with van der Waals surface area (Å²) in [5.41, 5.74) is 0.814. The fourth-order valence-corrected chi connectivity index (χ4v) is 3.62. The molecule has 0 aromatic heterocycles. The van der Waals surface area contributed by atoms with Crippen molar-refractivity contribution in [1.29, 1.82) is 10.5 Å². The second kappa shape index (κ2) is 9.65. The summed E-state index contributed by atoms with van der Waals surface area (Å²) in [5.74, 6) is -2.35. The van der Waals surface area contributed by atoms with E-state index in [1.807, 2.05) is 13.0 Å². The molecular weight excluding hydrogens is 366 g/mol. The van der Waals surface area contributed by atoms with Gasteiger partial charge in [-0.25, -0.2) is 0 Å². The molecule has 1 aromatic rings. The van der Waals surface area contributed by atoms with E-state index in [-0.39, 0.29) is 23.0 Å². The fourth-order valence-electron chi connectivity index (χ4n) is 2.78. The van der Waals surface area contributed by atoms with Crippen molar-refractivity contribution in [2.24, 2.45) is 5.92 Å². The number of carbonyl (C=O) groups excluding carboxylic acids is 2. The monoisotopic (exact) mass is 385 g/mol. The lowest BCUT2D eigenvalue weighted by Gasteiger charge is -2.29. The van der Waals surface area contributed by atoms with Crippen molar-refractivity contribution in [2.75, 3.05) is 19.0 Å². The molecule has 7 nitrogen and oxygen atoms in total. The van der Waals surface area contributed by atoms with Crippen LogP contribution in [-0.4, -0.2) is 30.8 Å². The number of nitrogens with one attached hydrogen (secondary N) is 1. The van der Waals surface area contributed by atoms with E-state index in [9.17, 15) is 20.1 Å². The Labute approximate surface area is 161 Å². The topological polar surface area (TPSA) is 112 Å². The van der Waals surface area contributed by atoms with Crippen LogP contribution in [0.5, 0.6) is 5.75 Å². The molecule has 1 N–H and O–H groups in total. The summed E-state index contributed by atoms with van der Waals surface area (Å²) in [5, 5.41) is 22.1. The Morgan fingerprint density at radius 3 is 2.63 bits per heavy atom. The molecule has 2 atom stereocenters. The number of carbonyl (C=O) groups is 2. The number of para-hydroxylation sites is 1. The molecule has 1 aliphatic heterocycles. The van der Waals surface area contributed by atoms with Gasteiger partial charge in [-0.2, -0.15) is 10.5 Å². The Morgan fingerprint density at radius 2 is 2.00 bits per heavy atom. The highest BCUT2D eigenvalue weighted by Crippen LogP contribution is 2.42. The minimum absolute atomic E-state index is 0.0499. The zero-order valence-corrected chi connectivity index (χ0v) is 15.8. The third-order valence-corrected chi connectivity index (χ3v) is 4.85. The molecule has 1 heterocycles. The van der Waals surface area contributed by atoms with Crippen LogP contribution in [0.3, 0.4) is 0 Å². The summed E-state index contributed by atoms with van der Waals surface area (Å²) in [4.78, 5) is 24.1. The van der Waals surface area contributed by atoms with Crippen LogP contribution in [0.4, 0.5) is 0 Å². The van der Waals surface area contributed by atoms with E-state index in [4.69, 9.17) is 9.47 Å². The first-order valence-corrected chi connectivity index (χ1v) is 9.40. The van der Waals surface area contributed by atoms with Gasteiger partial charge in [0.15, 0.2) is 0 Å². The maximum absolute atomic E-state index is 12.5. The third kappa shape index (κ3) is 4.60. The highest BCUT2D eigenvalue weighted by atomic mass is 32.2. The van der Waals surface area contributed by atoms with Gasteiger partial charge in [0.1, 0.15) is 11.7 Å². The number of nitrogens with zero attached hydrogens (tertiary/aromatic N) is 2. The number of rotatable bonds is 7. The summed E-state index contributed by atoms with van der Waals surface area (Å²) in [6.45, 7) is 4.18. The minimum atomic E-state index is -1.08. The standard InChI is InChI=1S/C19H19N3O4S/c1-3-25-15-8-6-5-7-12(15)17-13(9-20)18(24)22-19(14(17)10-21)27-11-16(23)26-4-2/h5-8,13,17H,3-4,11H2,1-2H3,(H,22,24)/t13-,17-/m0/s1. The number of hydrogen-bond acceptors (Lipinski definition) is 7. The number of benzene rings is 1. The molecule has 0 radical (unpaired) electrons. The van der Waals surface area contributed by atoms with Crippen LogP contribution in [0.15, 0.2) is 34.9 Å². The molecule has 0 saturated carbocycles. The van der Waals surface area contributed by atoms with E-state index in [1.165, 1.54) is 0 Å². The highest BCUT2D eigenvalue weighted by molar-refractivity contribution is 8.03. The van der Waals surface area contributed by atoms with Gasteiger partial charge in [0.05, 0.1) is 47.6 Å². The third-order valence-electron chi connectivity index (χ3n) is 3.86. The summed E-state index contributed by atoms with van der Waals surface area (Å²) in [6, 6.07) is 11.1. The van der Waals surface area contributed by atoms with Crippen LogP contribution in [-0.2, 0) is 14.3 Å². The maximum atomic E-state index is 12.5. The molecule has 0 saturated heterocycles. The van der Waals surface area contributed by atoms with E-state index >= 15 is 0 Å². The predicted octanol–water partition coefficient (Wildman–Crippen LogP) is 2.47. The lowest BCUT2D eigenvalue weighted by atomic mass is 9.79. The number of allylic oxidation sites excluding steroid dienone is 1. The zero-order valence-electron chi connectivity index (χ0n) is 15.0. The van der Waals surface area contributed by atoms with Gasteiger partial charge in [0.2, 0.25) is 5.91 Å². The molecule has 1 aromatic carbocycles. The van der Waals surface area contributed by atoms with Gasteiger partial charge >= 0.3 is 5.97 Å². The van der Waals surface area contributed by atoms with Crippen molar-refractivity contribution in [3.05, 3.63) is 40.4 Å². The van der Waals surface area contributed by atoms with Gasteiger partial charge in [0, 0.05) is 5.56 Å². The van der Waals surface area contributed by atoms with E-state index in [1.54, 1.807) is 31.2 Å². The molecule has 0 aliphatic carbocycles. The molecule has 140 valence electrons. The molecule has 0 bridgehead atoms. The van der Waals surface area contributed by atoms with Crippen LogP contribution in [0.1, 0.15) is 25.3 Å². The Balaban J connectivity index is 2.49. The lowest BCUT2D eigenvalue weighted by molar-refractivity contribution is -0.139. The molecule has 0 spiro atoms. The molecule has 2 rings (SSSR count). The Bertz CT molecular complexity index is 838.